The van der Waals surface area contributed by atoms with Crippen LogP contribution in [0.3, 0.4) is 0 Å². The first-order valence-corrected chi connectivity index (χ1v) is 7.50. The third-order valence-corrected chi connectivity index (χ3v) is 4.13. The second-order valence-electron chi connectivity index (χ2n) is 3.69. The molecule has 3 N–H and O–H groups in total. The fraction of sp³-hybridized carbons (Fsp3) is 0. The van der Waals surface area contributed by atoms with Gasteiger partial charge in [-0.1, -0.05) is 0 Å². The molecular formula is C11H8BrN5O2S. The number of nitrogen functional groups attached to an aromatic ring is 1. The van der Waals surface area contributed by atoms with E-state index >= 15 is 0 Å². The molecule has 0 bridgehead atoms. The van der Waals surface area contributed by atoms with Crippen molar-refractivity contribution >= 4 is 37.5 Å². The van der Waals surface area contributed by atoms with Crippen LogP contribution in [-0.4, -0.2) is 18.4 Å². The average Bonchev–Trinajstić information content (AvgIpc) is 2.40. The minimum Gasteiger partial charge on any atom is -0.398 e. The zero-order chi connectivity index (χ0) is 14.8. The van der Waals surface area contributed by atoms with Crippen molar-refractivity contribution in [3.63, 3.8) is 0 Å². The van der Waals surface area contributed by atoms with Crippen LogP contribution < -0.4 is 10.5 Å². The summed E-state index contributed by atoms with van der Waals surface area (Å²) in [5.41, 5.74) is 5.92. The Morgan fingerprint density at radius 2 is 2.05 bits per heavy atom. The number of nitrogens with two attached hydrogens (primary N) is 1. The fourth-order valence-corrected chi connectivity index (χ4v) is 2.73. The van der Waals surface area contributed by atoms with E-state index in [4.69, 9.17) is 11.0 Å². The van der Waals surface area contributed by atoms with Crippen LogP contribution in [-0.2, 0) is 10.0 Å². The Bertz CT molecular complexity index is 783. The standard InChI is InChI=1S/C11H8BrN5O2S/c12-10-5-16-11(6-15-10)17-20(18,19)9-2-1-7(4-13)3-8(9)14/h1-3,5-6H,14H2,(H,16,17). The first-order valence-electron chi connectivity index (χ1n) is 5.22. The summed E-state index contributed by atoms with van der Waals surface area (Å²) in [6.07, 6.45) is 2.63. The van der Waals surface area contributed by atoms with E-state index in [1.807, 2.05) is 6.07 Å². The Morgan fingerprint density at radius 1 is 1.30 bits per heavy atom. The highest BCUT2D eigenvalue weighted by atomic mass is 79.9. The number of halogens is 1. The van der Waals surface area contributed by atoms with Crippen molar-refractivity contribution in [2.45, 2.75) is 4.90 Å². The van der Waals surface area contributed by atoms with Gasteiger partial charge >= 0.3 is 0 Å². The predicted octanol–water partition coefficient (Wildman–Crippen LogP) is 1.49. The van der Waals surface area contributed by atoms with Gasteiger partial charge in [0.15, 0.2) is 5.82 Å². The Hall–Kier alpha value is -2.18. The minimum absolute atomic E-state index is 0.0124. The molecule has 1 aromatic carbocycles. The summed E-state index contributed by atoms with van der Waals surface area (Å²) in [4.78, 5) is 7.60. The maximum atomic E-state index is 12.2. The summed E-state index contributed by atoms with van der Waals surface area (Å²) in [6.45, 7) is 0. The van der Waals surface area contributed by atoms with Gasteiger partial charge in [0, 0.05) is 0 Å². The van der Waals surface area contributed by atoms with Gasteiger partial charge in [0.05, 0.1) is 29.7 Å². The summed E-state index contributed by atoms with van der Waals surface area (Å²) in [6, 6.07) is 5.81. The van der Waals surface area contributed by atoms with Crippen LogP contribution in [0.25, 0.3) is 0 Å². The zero-order valence-electron chi connectivity index (χ0n) is 9.91. The lowest BCUT2D eigenvalue weighted by molar-refractivity contribution is 0.601. The minimum atomic E-state index is -3.88. The molecule has 0 aliphatic rings. The van der Waals surface area contributed by atoms with E-state index in [-0.39, 0.29) is 22.0 Å². The smallest absolute Gasteiger partial charge is 0.265 e. The summed E-state index contributed by atoms with van der Waals surface area (Å²) in [7, 11) is -3.88. The zero-order valence-corrected chi connectivity index (χ0v) is 12.3. The number of aromatic nitrogens is 2. The number of nitriles is 1. The van der Waals surface area contributed by atoms with Crippen LogP contribution in [0.1, 0.15) is 5.56 Å². The van der Waals surface area contributed by atoms with Crippen molar-refractivity contribution in [1.82, 2.24) is 9.97 Å². The SMILES string of the molecule is N#Cc1ccc(S(=O)(=O)Nc2cnc(Br)cn2)c(N)c1. The van der Waals surface area contributed by atoms with Gasteiger partial charge in [-0.3, -0.25) is 4.72 Å². The fourth-order valence-electron chi connectivity index (χ4n) is 1.42. The van der Waals surface area contributed by atoms with Crippen LogP contribution in [0.4, 0.5) is 11.5 Å². The molecule has 2 rings (SSSR count). The van der Waals surface area contributed by atoms with Gasteiger partial charge in [-0.25, -0.2) is 18.4 Å². The van der Waals surface area contributed by atoms with E-state index in [1.165, 1.54) is 30.6 Å². The quantitative estimate of drug-likeness (QED) is 0.806. The van der Waals surface area contributed by atoms with E-state index in [9.17, 15) is 8.42 Å². The predicted molar refractivity (Wildman–Crippen MR) is 76.1 cm³/mol. The number of hydrogen-bond acceptors (Lipinski definition) is 6. The Morgan fingerprint density at radius 3 is 2.60 bits per heavy atom. The molecule has 1 aromatic heterocycles. The highest BCUT2D eigenvalue weighted by Gasteiger charge is 2.18. The van der Waals surface area contributed by atoms with E-state index in [0.29, 0.717) is 4.60 Å². The highest BCUT2D eigenvalue weighted by molar-refractivity contribution is 9.10. The first kappa shape index (κ1) is 14.2. The molecule has 0 atom stereocenters. The molecule has 0 unspecified atom stereocenters. The average molecular weight is 354 g/mol. The Kier molecular flexibility index (Phi) is 3.87. The Labute approximate surface area is 123 Å². The molecule has 1 heterocycles. The highest BCUT2D eigenvalue weighted by Crippen LogP contribution is 2.21. The molecule has 0 spiro atoms. The van der Waals surface area contributed by atoms with Crippen LogP contribution >= 0.6 is 15.9 Å². The van der Waals surface area contributed by atoms with E-state index in [0.717, 1.165) is 0 Å². The van der Waals surface area contributed by atoms with Gasteiger partial charge in [-0.15, -0.1) is 0 Å². The molecule has 102 valence electrons. The number of rotatable bonds is 3. The lowest BCUT2D eigenvalue weighted by Gasteiger charge is -2.09. The van der Waals surface area contributed by atoms with Gasteiger partial charge in [-0.05, 0) is 34.1 Å². The normalized spacial score (nSPS) is 10.8. The number of anilines is 2. The third-order valence-electron chi connectivity index (χ3n) is 2.29. The largest absolute Gasteiger partial charge is 0.398 e. The van der Waals surface area contributed by atoms with Gasteiger partial charge in [0.1, 0.15) is 9.50 Å². The molecule has 0 amide bonds. The first-order chi connectivity index (χ1) is 9.42. The summed E-state index contributed by atoms with van der Waals surface area (Å²) in [5, 5.41) is 8.72. The van der Waals surface area contributed by atoms with Crippen LogP contribution in [0, 0.1) is 11.3 Å². The molecule has 2 aromatic rings. The molecule has 0 radical (unpaired) electrons. The molecular weight excluding hydrogens is 346 g/mol. The van der Waals surface area contributed by atoms with Gasteiger partial charge < -0.3 is 5.73 Å². The van der Waals surface area contributed by atoms with Crippen molar-refractivity contribution < 1.29 is 8.42 Å². The molecule has 0 fully saturated rings. The molecule has 0 aliphatic heterocycles. The van der Waals surface area contributed by atoms with E-state index < -0.39 is 10.0 Å². The number of hydrogen-bond donors (Lipinski definition) is 2. The van der Waals surface area contributed by atoms with Crippen molar-refractivity contribution in [1.29, 1.82) is 5.26 Å². The van der Waals surface area contributed by atoms with Gasteiger partial charge in [0.2, 0.25) is 0 Å². The second-order valence-corrected chi connectivity index (χ2v) is 6.16. The lowest BCUT2D eigenvalue weighted by atomic mass is 10.2. The monoisotopic (exact) mass is 353 g/mol. The van der Waals surface area contributed by atoms with Crippen LogP contribution in [0.15, 0.2) is 40.1 Å². The third kappa shape index (κ3) is 3.04. The van der Waals surface area contributed by atoms with Crippen molar-refractivity contribution in [3.05, 3.63) is 40.8 Å². The maximum absolute atomic E-state index is 12.2. The van der Waals surface area contributed by atoms with Gasteiger partial charge in [0.25, 0.3) is 10.0 Å². The summed E-state index contributed by atoms with van der Waals surface area (Å²) >= 11 is 3.10. The molecule has 9 heteroatoms. The number of nitrogens with zero attached hydrogens (tertiary/aromatic N) is 3. The summed E-state index contributed by atoms with van der Waals surface area (Å²) in [5.74, 6) is 0.0666. The summed E-state index contributed by atoms with van der Waals surface area (Å²) < 4.78 is 27.0. The number of benzene rings is 1. The lowest BCUT2D eigenvalue weighted by Crippen LogP contribution is -2.15. The van der Waals surface area contributed by atoms with E-state index in [1.54, 1.807) is 0 Å². The maximum Gasteiger partial charge on any atom is 0.265 e. The molecule has 7 nitrogen and oxygen atoms in total. The number of nitrogens with one attached hydrogen (secondary N) is 1. The molecule has 0 saturated carbocycles. The van der Waals surface area contributed by atoms with Crippen molar-refractivity contribution in [2.75, 3.05) is 10.5 Å². The van der Waals surface area contributed by atoms with Crippen molar-refractivity contribution in [3.8, 4) is 6.07 Å². The number of sulfonamides is 1. The van der Waals surface area contributed by atoms with Crippen LogP contribution in [0.5, 0.6) is 0 Å². The topological polar surface area (TPSA) is 122 Å². The Balaban J connectivity index is 2.36. The van der Waals surface area contributed by atoms with Crippen LogP contribution in [0.2, 0.25) is 0 Å². The molecule has 0 saturated heterocycles. The van der Waals surface area contributed by atoms with Gasteiger partial charge in [-0.2, -0.15) is 5.26 Å². The second kappa shape index (κ2) is 5.44. The molecule has 0 aliphatic carbocycles. The van der Waals surface area contributed by atoms with Crippen molar-refractivity contribution in [2.24, 2.45) is 0 Å². The van der Waals surface area contributed by atoms with E-state index in [2.05, 4.69) is 30.6 Å². The molecule has 20 heavy (non-hydrogen) atoms.